The van der Waals surface area contributed by atoms with E-state index in [0.717, 1.165) is 23.4 Å². The maximum atomic E-state index is 12.9. The zero-order chi connectivity index (χ0) is 20.2. The highest BCUT2D eigenvalue weighted by Gasteiger charge is 2.20. The molecule has 4 aromatic rings. The lowest BCUT2D eigenvalue weighted by atomic mass is 10.1. The van der Waals surface area contributed by atoms with Crippen molar-refractivity contribution in [3.63, 3.8) is 0 Å². The lowest BCUT2D eigenvalue weighted by Crippen LogP contribution is -2.03. The molecule has 0 fully saturated rings. The van der Waals surface area contributed by atoms with Crippen LogP contribution in [-0.4, -0.2) is 15.2 Å². The summed E-state index contributed by atoms with van der Waals surface area (Å²) < 4.78 is 2.10. The maximum Gasteiger partial charge on any atom is 0.204 e. The van der Waals surface area contributed by atoms with Crippen molar-refractivity contribution in [1.29, 1.82) is 0 Å². The van der Waals surface area contributed by atoms with E-state index in [0.29, 0.717) is 5.69 Å². The number of ketones is 1. The van der Waals surface area contributed by atoms with Crippen molar-refractivity contribution in [2.75, 3.05) is 0 Å². The number of carbonyl (C=O) groups excluding carboxylic acids is 1. The molecule has 0 saturated heterocycles. The van der Waals surface area contributed by atoms with E-state index in [4.69, 9.17) is 0 Å². The van der Waals surface area contributed by atoms with Gasteiger partial charge in [0.2, 0.25) is 5.78 Å². The van der Waals surface area contributed by atoms with Crippen LogP contribution < -0.4 is 0 Å². The van der Waals surface area contributed by atoms with Crippen molar-refractivity contribution in [3.8, 4) is 0 Å². The molecular formula is C25H26N2OS. The Kier molecular flexibility index (Phi) is 5.91. The first-order chi connectivity index (χ1) is 14.3. The van der Waals surface area contributed by atoms with Crippen LogP contribution in [0.4, 0.5) is 0 Å². The number of thiazole rings is 1. The van der Waals surface area contributed by atoms with Gasteiger partial charge in [-0.2, -0.15) is 0 Å². The number of hydrogen-bond acceptors (Lipinski definition) is 3. The molecule has 0 spiro atoms. The summed E-state index contributed by atoms with van der Waals surface area (Å²) in [6, 6.07) is 14.5. The number of carbonyl (C=O) groups is 1. The SMILES string of the molecule is CC.O=C(/C=C/c1ccc2ccccc2c1)c1cnc2sc3c(n12)CCCCC3. The highest BCUT2D eigenvalue weighted by atomic mass is 32.1. The molecule has 0 bridgehead atoms. The molecule has 29 heavy (non-hydrogen) atoms. The number of allylic oxidation sites excluding steroid dienone is 1. The van der Waals surface area contributed by atoms with Crippen LogP contribution in [0.3, 0.4) is 0 Å². The summed E-state index contributed by atoms with van der Waals surface area (Å²) in [5, 5.41) is 2.39. The molecule has 2 heterocycles. The molecular weight excluding hydrogens is 376 g/mol. The molecule has 0 radical (unpaired) electrons. The van der Waals surface area contributed by atoms with Gasteiger partial charge in [0.25, 0.3) is 0 Å². The minimum Gasteiger partial charge on any atom is -0.288 e. The first-order valence-electron chi connectivity index (χ1n) is 10.5. The van der Waals surface area contributed by atoms with Crippen LogP contribution in [0.5, 0.6) is 0 Å². The Bertz CT molecular complexity index is 1180. The van der Waals surface area contributed by atoms with Crippen molar-refractivity contribution >= 4 is 38.9 Å². The van der Waals surface area contributed by atoms with Gasteiger partial charge in [0.15, 0.2) is 4.96 Å². The van der Waals surface area contributed by atoms with E-state index in [1.165, 1.54) is 40.6 Å². The second-order valence-electron chi connectivity index (χ2n) is 7.10. The number of aryl methyl sites for hydroxylation is 2. The summed E-state index contributed by atoms with van der Waals surface area (Å²) in [6.45, 7) is 4.00. The van der Waals surface area contributed by atoms with Crippen molar-refractivity contribution in [1.82, 2.24) is 9.38 Å². The van der Waals surface area contributed by atoms with Crippen LogP contribution in [0.2, 0.25) is 0 Å². The van der Waals surface area contributed by atoms with E-state index in [2.05, 4.69) is 39.7 Å². The van der Waals surface area contributed by atoms with E-state index in [9.17, 15) is 4.79 Å². The minimum absolute atomic E-state index is 0.0144. The zero-order valence-corrected chi connectivity index (χ0v) is 17.8. The van der Waals surface area contributed by atoms with E-state index in [-0.39, 0.29) is 5.78 Å². The smallest absolute Gasteiger partial charge is 0.204 e. The number of imidazole rings is 1. The fourth-order valence-electron chi connectivity index (χ4n) is 3.91. The van der Waals surface area contributed by atoms with Crippen LogP contribution in [0.25, 0.3) is 21.8 Å². The average Bonchev–Trinajstić information content (AvgIpc) is 3.24. The summed E-state index contributed by atoms with van der Waals surface area (Å²) in [5.41, 5.74) is 3.01. The molecule has 0 amide bonds. The van der Waals surface area contributed by atoms with Gasteiger partial charge in [-0.05, 0) is 54.2 Å². The highest BCUT2D eigenvalue weighted by molar-refractivity contribution is 7.17. The number of aromatic nitrogens is 2. The van der Waals surface area contributed by atoms with Gasteiger partial charge in [-0.3, -0.25) is 9.20 Å². The zero-order valence-electron chi connectivity index (χ0n) is 17.0. The second-order valence-corrected chi connectivity index (χ2v) is 8.16. The van der Waals surface area contributed by atoms with Crippen LogP contribution in [0, 0.1) is 0 Å². The molecule has 2 aromatic heterocycles. The Hall–Kier alpha value is -2.72. The number of rotatable bonds is 3. The maximum absolute atomic E-state index is 12.9. The largest absolute Gasteiger partial charge is 0.288 e. The van der Waals surface area contributed by atoms with E-state index >= 15 is 0 Å². The van der Waals surface area contributed by atoms with Crippen LogP contribution in [0.1, 0.15) is 59.7 Å². The van der Waals surface area contributed by atoms with Crippen LogP contribution in [0.15, 0.2) is 54.7 Å². The third-order valence-electron chi connectivity index (χ3n) is 5.31. The Morgan fingerprint density at radius 1 is 1.03 bits per heavy atom. The number of hydrogen-bond donors (Lipinski definition) is 0. The third-order valence-corrected chi connectivity index (χ3v) is 6.46. The van der Waals surface area contributed by atoms with Gasteiger partial charge in [-0.15, -0.1) is 11.3 Å². The Morgan fingerprint density at radius 3 is 2.69 bits per heavy atom. The van der Waals surface area contributed by atoms with Crippen molar-refractivity contribution < 1.29 is 4.79 Å². The Labute approximate surface area is 175 Å². The van der Waals surface area contributed by atoms with Gasteiger partial charge in [0, 0.05) is 10.6 Å². The molecule has 0 unspecified atom stereocenters. The molecule has 148 valence electrons. The molecule has 0 saturated carbocycles. The molecule has 0 atom stereocenters. The Morgan fingerprint density at radius 2 is 1.83 bits per heavy atom. The normalized spacial score (nSPS) is 13.9. The molecule has 2 aromatic carbocycles. The summed E-state index contributed by atoms with van der Waals surface area (Å²) in [6.07, 6.45) is 11.2. The number of fused-ring (bicyclic) bond motifs is 4. The average molecular weight is 403 g/mol. The standard InChI is InChI=1S/C23H20N2OS.C2H6/c26-21(13-11-16-10-12-17-6-4-5-7-18(17)14-16)20-15-24-23-25(20)19-8-2-1-3-9-22(19)27-23;1-2/h4-7,10-15H,1-3,8-9H2;1-2H3/b13-11+;. The van der Waals surface area contributed by atoms with Gasteiger partial charge in [0.1, 0.15) is 5.69 Å². The van der Waals surface area contributed by atoms with Crippen molar-refractivity contribution in [2.24, 2.45) is 0 Å². The van der Waals surface area contributed by atoms with Gasteiger partial charge in [-0.1, -0.05) is 62.7 Å². The molecule has 3 nitrogen and oxygen atoms in total. The molecule has 5 rings (SSSR count). The molecule has 0 aliphatic heterocycles. The molecule has 1 aliphatic carbocycles. The van der Waals surface area contributed by atoms with Gasteiger partial charge < -0.3 is 0 Å². The fraction of sp³-hybridized carbons (Fsp3) is 0.280. The first kappa shape index (κ1) is 19.6. The number of benzene rings is 2. The van der Waals surface area contributed by atoms with Crippen LogP contribution in [-0.2, 0) is 12.8 Å². The second kappa shape index (κ2) is 8.75. The molecule has 0 N–H and O–H groups in total. The minimum atomic E-state index is 0.0144. The molecule has 1 aliphatic rings. The summed E-state index contributed by atoms with van der Waals surface area (Å²) in [4.78, 5) is 19.7. The molecule has 4 heteroatoms. The first-order valence-corrected chi connectivity index (χ1v) is 11.3. The summed E-state index contributed by atoms with van der Waals surface area (Å²) in [5.74, 6) is 0.0144. The van der Waals surface area contributed by atoms with E-state index < -0.39 is 0 Å². The van der Waals surface area contributed by atoms with E-state index in [1.54, 1.807) is 23.6 Å². The summed E-state index contributed by atoms with van der Waals surface area (Å²) >= 11 is 1.74. The van der Waals surface area contributed by atoms with Gasteiger partial charge in [-0.25, -0.2) is 4.98 Å². The lowest BCUT2D eigenvalue weighted by Gasteiger charge is -2.02. The van der Waals surface area contributed by atoms with Gasteiger partial charge in [0.05, 0.1) is 6.20 Å². The van der Waals surface area contributed by atoms with Crippen LogP contribution >= 0.6 is 11.3 Å². The monoisotopic (exact) mass is 402 g/mol. The van der Waals surface area contributed by atoms with E-state index in [1.807, 2.05) is 32.1 Å². The predicted molar refractivity (Wildman–Crippen MR) is 123 cm³/mol. The predicted octanol–water partition coefficient (Wildman–Crippen LogP) is 6.74. The fourth-order valence-corrected chi connectivity index (χ4v) is 5.09. The lowest BCUT2D eigenvalue weighted by molar-refractivity contribution is 0.104. The quantitative estimate of drug-likeness (QED) is 0.216. The topological polar surface area (TPSA) is 34.4 Å². The summed E-state index contributed by atoms with van der Waals surface area (Å²) in [7, 11) is 0. The highest BCUT2D eigenvalue weighted by Crippen LogP contribution is 2.30. The Balaban J connectivity index is 0.000000994. The number of nitrogens with zero attached hydrogens (tertiary/aromatic N) is 2. The van der Waals surface area contributed by atoms with Crippen molar-refractivity contribution in [2.45, 2.75) is 46.0 Å². The van der Waals surface area contributed by atoms with Crippen molar-refractivity contribution in [3.05, 3.63) is 76.6 Å². The van der Waals surface area contributed by atoms with Gasteiger partial charge >= 0.3 is 0 Å². The third kappa shape index (κ3) is 3.90.